The molecule has 8 heteroatoms. The van der Waals surface area contributed by atoms with Gasteiger partial charge in [-0.25, -0.2) is 19.9 Å². The number of aryl methyl sites for hydroxylation is 1. The molecule has 8 nitrogen and oxygen atoms in total. The summed E-state index contributed by atoms with van der Waals surface area (Å²) in [4.78, 5) is 28.8. The van der Waals surface area contributed by atoms with Gasteiger partial charge in [0.1, 0.15) is 0 Å². The van der Waals surface area contributed by atoms with Crippen LogP contribution in [0.3, 0.4) is 0 Å². The van der Waals surface area contributed by atoms with Gasteiger partial charge in [0.15, 0.2) is 5.65 Å². The fourth-order valence-electron chi connectivity index (χ4n) is 2.79. The summed E-state index contributed by atoms with van der Waals surface area (Å²) < 4.78 is 1.87. The molecular weight excluding hydrogens is 320 g/mol. The van der Waals surface area contributed by atoms with E-state index in [9.17, 15) is 9.59 Å². The van der Waals surface area contributed by atoms with Crippen LogP contribution in [0.4, 0.5) is 4.79 Å². The van der Waals surface area contributed by atoms with E-state index in [1.54, 1.807) is 0 Å². The van der Waals surface area contributed by atoms with Crippen LogP contribution in [0, 0.1) is 6.92 Å². The Bertz CT molecular complexity index is 845. The molecule has 2 aromatic heterocycles. The quantitative estimate of drug-likeness (QED) is 0.725. The van der Waals surface area contributed by atoms with Crippen LogP contribution in [0.25, 0.3) is 11.0 Å². The van der Waals surface area contributed by atoms with Crippen LogP contribution in [0.1, 0.15) is 61.3 Å². The van der Waals surface area contributed by atoms with Gasteiger partial charge in [-0.15, -0.1) is 0 Å². The number of carbonyl (C=O) groups excluding carboxylic acids is 2. The van der Waals surface area contributed by atoms with Crippen molar-refractivity contribution in [2.24, 2.45) is 0 Å². The lowest BCUT2D eigenvalue weighted by Gasteiger charge is -2.20. The lowest BCUT2D eigenvalue weighted by Crippen LogP contribution is -2.45. The monoisotopic (exact) mass is 344 g/mol. The molecule has 0 unspecified atom stereocenters. The number of nitrogens with zero attached hydrogens (tertiary/aromatic N) is 3. The summed E-state index contributed by atoms with van der Waals surface area (Å²) in [6.07, 6.45) is 2.16. The van der Waals surface area contributed by atoms with Gasteiger partial charge in [-0.1, -0.05) is 0 Å². The number of urea groups is 1. The first-order valence-electron chi connectivity index (χ1n) is 8.41. The van der Waals surface area contributed by atoms with Crippen molar-refractivity contribution in [2.75, 3.05) is 7.05 Å². The maximum absolute atomic E-state index is 12.7. The highest BCUT2D eigenvalue weighted by Crippen LogP contribution is 2.40. The summed E-state index contributed by atoms with van der Waals surface area (Å²) in [6, 6.07) is 1.34. The number of nitrogens with one attached hydrogen (secondary N) is 3. The van der Waals surface area contributed by atoms with Gasteiger partial charge >= 0.3 is 6.03 Å². The fraction of sp³-hybridized carbons (Fsp3) is 0.529. The van der Waals surface area contributed by atoms with Gasteiger partial charge in [0.05, 0.1) is 22.2 Å². The van der Waals surface area contributed by atoms with Crippen LogP contribution in [0.2, 0.25) is 0 Å². The lowest BCUT2D eigenvalue weighted by atomic mass is 10.1. The van der Waals surface area contributed by atoms with Gasteiger partial charge < -0.3 is 5.32 Å². The van der Waals surface area contributed by atoms with Gasteiger partial charge in [-0.2, -0.15) is 5.10 Å². The molecule has 2 heterocycles. The number of rotatable bonds is 2. The molecule has 134 valence electrons. The van der Waals surface area contributed by atoms with Crippen LogP contribution in [-0.2, 0) is 5.54 Å². The van der Waals surface area contributed by atoms with Crippen molar-refractivity contribution < 1.29 is 9.59 Å². The Morgan fingerprint density at radius 1 is 1.24 bits per heavy atom. The number of fused-ring (bicyclic) bond motifs is 1. The molecule has 0 bridgehead atoms. The van der Waals surface area contributed by atoms with Crippen molar-refractivity contribution in [1.29, 1.82) is 0 Å². The second-order valence-electron chi connectivity index (χ2n) is 7.39. The van der Waals surface area contributed by atoms with E-state index >= 15 is 0 Å². The predicted molar refractivity (Wildman–Crippen MR) is 94.3 cm³/mol. The minimum Gasteiger partial charge on any atom is -0.340 e. The third-order valence-electron chi connectivity index (χ3n) is 4.22. The predicted octanol–water partition coefficient (Wildman–Crippen LogP) is 1.95. The SMILES string of the molecule is CNC(=O)NNC(=O)c1cc(C2CC2)nc2c1c(C)nn2C(C)(C)C. The molecular formula is C17H24N6O2. The molecule has 1 aliphatic rings. The molecule has 25 heavy (non-hydrogen) atoms. The first-order valence-corrected chi connectivity index (χ1v) is 8.41. The van der Waals surface area contributed by atoms with Crippen LogP contribution in [0.15, 0.2) is 6.07 Å². The highest BCUT2D eigenvalue weighted by atomic mass is 16.2. The van der Waals surface area contributed by atoms with Crippen molar-refractivity contribution >= 4 is 23.0 Å². The van der Waals surface area contributed by atoms with E-state index in [1.165, 1.54) is 7.05 Å². The highest BCUT2D eigenvalue weighted by molar-refractivity contribution is 6.07. The summed E-state index contributed by atoms with van der Waals surface area (Å²) in [7, 11) is 1.48. The molecule has 0 atom stereocenters. The third kappa shape index (κ3) is 3.29. The van der Waals surface area contributed by atoms with Crippen LogP contribution >= 0.6 is 0 Å². The Hall–Kier alpha value is -2.64. The molecule has 3 rings (SSSR count). The molecule has 1 saturated carbocycles. The zero-order valence-electron chi connectivity index (χ0n) is 15.2. The van der Waals surface area contributed by atoms with Crippen molar-refractivity contribution in [3.8, 4) is 0 Å². The smallest absolute Gasteiger partial charge is 0.333 e. The van der Waals surface area contributed by atoms with Crippen molar-refractivity contribution in [3.05, 3.63) is 23.0 Å². The van der Waals surface area contributed by atoms with Gasteiger partial charge in [-0.3, -0.25) is 10.2 Å². The van der Waals surface area contributed by atoms with E-state index in [-0.39, 0.29) is 11.4 Å². The number of hydrogen-bond donors (Lipinski definition) is 3. The van der Waals surface area contributed by atoms with E-state index in [0.717, 1.165) is 29.6 Å². The normalized spacial score (nSPS) is 14.4. The minimum atomic E-state index is -0.483. The average molecular weight is 344 g/mol. The van der Waals surface area contributed by atoms with E-state index in [2.05, 4.69) is 42.0 Å². The van der Waals surface area contributed by atoms with E-state index < -0.39 is 6.03 Å². The molecule has 0 aliphatic heterocycles. The first-order chi connectivity index (χ1) is 11.7. The van der Waals surface area contributed by atoms with Gasteiger partial charge in [0, 0.05) is 18.7 Å². The zero-order valence-corrected chi connectivity index (χ0v) is 15.2. The largest absolute Gasteiger partial charge is 0.340 e. The molecule has 3 amide bonds. The van der Waals surface area contributed by atoms with Crippen molar-refractivity contribution in [1.82, 2.24) is 30.9 Å². The summed E-state index contributed by atoms with van der Waals surface area (Å²) >= 11 is 0. The van der Waals surface area contributed by atoms with E-state index in [0.29, 0.717) is 17.1 Å². The molecule has 1 aliphatic carbocycles. The van der Waals surface area contributed by atoms with Crippen LogP contribution in [-0.4, -0.2) is 33.8 Å². The fourth-order valence-corrected chi connectivity index (χ4v) is 2.79. The third-order valence-corrected chi connectivity index (χ3v) is 4.22. The average Bonchev–Trinajstić information content (AvgIpc) is 3.34. The topological polar surface area (TPSA) is 101 Å². The van der Waals surface area contributed by atoms with Crippen molar-refractivity contribution in [2.45, 2.75) is 52.0 Å². The molecule has 0 radical (unpaired) electrons. The standard InChI is InChI=1S/C17H24N6O2/c1-9-13-11(15(24)20-21-16(25)18-5)8-12(10-6-7-10)19-14(13)23(22-9)17(2,3)4/h8,10H,6-7H2,1-5H3,(H,20,24)(H2,18,21,25). The Balaban J connectivity index is 2.11. The molecule has 1 fully saturated rings. The second-order valence-corrected chi connectivity index (χ2v) is 7.39. The molecule has 0 aromatic carbocycles. The number of pyridine rings is 1. The van der Waals surface area contributed by atoms with Gasteiger partial charge in [-0.05, 0) is 46.6 Å². The number of carbonyl (C=O) groups is 2. The van der Waals surface area contributed by atoms with Gasteiger partial charge in [0.2, 0.25) is 0 Å². The molecule has 0 spiro atoms. The Morgan fingerprint density at radius 3 is 2.48 bits per heavy atom. The number of aromatic nitrogens is 3. The zero-order chi connectivity index (χ0) is 18.4. The minimum absolute atomic E-state index is 0.254. The Labute approximate surface area is 146 Å². The summed E-state index contributed by atoms with van der Waals surface area (Å²) in [5, 5.41) is 7.72. The molecule has 3 N–H and O–H groups in total. The maximum atomic E-state index is 12.7. The second kappa shape index (κ2) is 6.02. The van der Waals surface area contributed by atoms with Crippen molar-refractivity contribution in [3.63, 3.8) is 0 Å². The Kier molecular flexibility index (Phi) is 4.14. The van der Waals surface area contributed by atoms with Crippen LogP contribution < -0.4 is 16.2 Å². The molecule has 2 aromatic rings. The van der Waals surface area contributed by atoms with E-state index in [1.807, 2.05) is 17.7 Å². The summed E-state index contributed by atoms with van der Waals surface area (Å²) in [5.74, 6) is 0.0148. The summed E-state index contributed by atoms with van der Waals surface area (Å²) in [5.41, 5.74) is 7.34. The van der Waals surface area contributed by atoms with Gasteiger partial charge in [0.25, 0.3) is 5.91 Å². The highest BCUT2D eigenvalue weighted by Gasteiger charge is 2.30. The van der Waals surface area contributed by atoms with E-state index in [4.69, 9.17) is 4.98 Å². The number of hydrogen-bond acceptors (Lipinski definition) is 4. The number of amides is 3. The Morgan fingerprint density at radius 2 is 1.92 bits per heavy atom. The first kappa shape index (κ1) is 17.2. The summed E-state index contributed by atoms with van der Waals surface area (Å²) in [6.45, 7) is 8.03. The molecule has 0 saturated heterocycles. The van der Waals surface area contributed by atoms with Crippen LogP contribution in [0.5, 0.6) is 0 Å². The lowest BCUT2D eigenvalue weighted by molar-refractivity contribution is 0.0938. The number of hydrazine groups is 1. The maximum Gasteiger partial charge on any atom is 0.333 e.